The molecule has 1 atom stereocenters. The first-order valence-electron chi connectivity index (χ1n) is 7.89. The molecule has 124 valence electrons. The van der Waals surface area contributed by atoms with Crippen LogP contribution in [0.25, 0.3) is 11.5 Å². The molecule has 4 rings (SSSR count). The molecule has 0 radical (unpaired) electrons. The second kappa shape index (κ2) is 6.20. The Bertz CT molecular complexity index is 852. The molecule has 1 aliphatic rings. The van der Waals surface area contributed by atoms with Gasteiger partial charge in [0.2, 0.25) is 0 Å². The zero-order chi connectivity index (χ0) is 16.5. The summed E-state index contributed by atoms with van der Waals surface area (Å²) in [4.78, 5) is 16.6. The maximum absolute atomic E-state index is 12.1. The molecule has 3 aromatic rings. The van der Waals surface area contributed by atoms with Crippen LogP contribution in [0.3, 0.4) is 0 Å². The van der Waals surface area contributed by atoms with Crippen molar-refractivity contribution in [3.05, 3.63) is 40.4 Å². The van der Waals surface area contributed by atoms with Gasteiger partial charge in [0.25, 0.3) is 5.91 Å². The van der Waals surface area contributed by atoms with Crippen molar-refractivity contribution in [1.29, 1.82) is 0 Å². The molecule has 1 amide bonds. The topological polar surface area (TPSA) is 85.8 Å². The molecular formula is C16H17N5O2S. The van der Waals surface area contributed by atoms with Crippen molar-refractivity contribution in [2.24, 2.45) is 0 Å². The van der Waals surface area contributed by atoms with Crippen molar-refractivity contribution in [2.45, 2.75) is 38.8 Å². The second-order valence-corrected chi connectivity index (χ2v) is 6.88. The summed E-state index contributed by atoms with van der Waals surface area (Å²) in [5.74, 6) is 1.94. The van der Waals surface area contributed by atoms with Gasteiger partial charge < -0.3 is 14.3 Å². The number of furan rings is 1. The van der Waals surface area contributed by atoms with Gasteiger partial charge in [0.1, 0.15) is 11.5 Å². The highest BCUT2D eigenvalue weighted by molar-refractivity contribution is 7.09. The van der Waals surface area contributed by atoms with Crippen molar-refractivity contribution in [2.75, 3.05) is 0 Å². The number of fused-ring (bicyclic) bond motifs is 1. The Kier molecular flexibility index (Phi) is 3.89. The van der Waals surface area contributed by atoms with Crippen molar-refractivity contribution < 1.29 is 9.21 Å². The Morgan fingerprint density at radius 1 is 1.42 bits per heavy atom. The highest BCUT2D eigenvalue weighted by Crippen LogP contribution is 2.24. The van der Waals surface area contributed by atoms with Gasteiger partial charge in [0.05, 0.1) is 11.3 Å². The Balaban J connectivity index is 1.48. The van der Waals surface area contributed by atoms with Gasteiger partial charge in [0.15, 0.2) is 11.6 Å². The van der Waals surface area contributed by atoms with E-state index in [-0.39, 0.29) is 11.9 Å². The van der Waals surface area contributed by atoms with E-state index in [0.717, 1.165) is 48.2 Å². The summed E-state index contributed by atoms with van der Waals surface area (Å²) in [6, 6.07) is 3.48. The summed E-state index contributed by atoms with van der Waals surface area (Å²) in [7, 11) is 0. The number of nitrogens with zero attached hydrogens (tertiary/aromatic N) is 4. The van der Waals surface area contributed by atoms with E-state index in [4.69, 9.17) is 4.42 Å². The van der Waals surface area contributed by atoms with E-state index in [9.17, 15) is 4.79 Å². The van der Waals surface area contributed by atoms with Gasteiger partial charge in [-0.1, -0.05) is 0 Å². The molecule has 0 spiro atoms. The summed E-state index contributed by atoms with van der Waals surface area (Å²) < 4.78 is 7.27. The molecule has 8 heteroatoms. The number of hydrogen-bond acceptors (Lipinski definition) is 6. The number of aryl methyl sites for hydroxylation is 2. The van der Waals surface area contributed by atoms with Crippen LogP contribution in [0.1, 0.15) is 34.2 Å². The highest BCUT2D eigenvalue weighted by Gasteiger charge is 2.23. The maximum atomic E-state index is 12.1. The van der Waals surface area contributed by atoms with E-state index in [1.807, 2.05) is 12.3 Å². The largest absolute Gasteiger partial charge is 0.459 e. The summed E-state index contributed by atoms with van der Waals surface area (Å²) in [6.45, 7) is 2.74. The molecule has 1 N–H and O–H groups in total. The summed E-state index contributed by atoms with van der Waals surface area (Å²) in [5.41, 5.74) is 0.870. The Labute approximate surface area is 142 Å². The van der Waals surface area contributed by atoms with Gasteiger partial charge in [-0.2, -0.15) is 0 Å². The molecule has 1 unspecified atom stereocenters. The monoisotopic (exact) mass is 343 g/mol. The molecule has 0 saturated carbocycles. The fourth-order valence-electron chi connectivity index (χ4n) is 2.95. The van der Waals surface area contributed by atoms with Gasteiger partial charge in [0, 0.05) is 24.4 Å². The molecular weight excluding hydrogens is 326 g/mol. The summed E-state index contributed by atoms with van der Waals surface area (Å²) >= 11 is 1.61. The fourth-order valence-corrected chi connectivity index (χ4v) is 3.54. The molecule has 24 heavy (non-hydrogen) atoms. The van der Waals surface area contributed by atoms with Crippen LogP contribution in [0.2, 0.25) is 0 Å². The lowest BCUT2D eigenvalue weighted by atomic mass is 10.1. The molecule has 0 fully saturated rings. The minimum atomic E-state index is -0.169. The van der Waals surface area contributed by atoms with Crippen LogP contribution in [-0.2, 0) is 13.0 Å². The Hall–Kier alpha value is -2.48. The number of aromatic nitrogens is 4. The third-order valence-corrected chi connectivity index (χ3v) is 4.95. The van der Waals surface area contributed by atoms with Crippen molar-refractivity contribution in [3.63, 3.8) is 0 Å². The zero-order valence-corrected chi connectivity index (χ0v) is 14.0. The number of rotatable bonds is 3. The molecule has 1 aliphatic heterocycles. The third kappa shape index (κ3) is 2.84. The quantitative estimate of drug-likeness (QED) is 0.789. The summed E-state index contributed by atoms with van der Waals surface area (Å²) in [5, 5.41) is 14.7. The van der Waals surface area contributed by atoms with Crippen molar-refractivity contribution in [3.8, 4) is 11.5 Å². The Morgan fingerprint density at radius 2 is 2.33 bits per heavy atom. The number of carbonyl (C=O) groups is 1. The van der Waals surface area contributed by atoms with Crippen LogP contribution in [0.5, 0.6) is 0 Å². The predicted octanol–water partition coefficient (Wildman–Crippen LogP) is 2.44. The number of thiazole rings is 1. The average molecular weight is 343 g/mol. The highest BCUT2D eigenvalue weighted by atomic mass is 32.1. The maximum Gasteiger partial charge on any atom is 0.287 e. The lowest BCUT2D eigenvalue weighted by Gasteiger charge is -2.15. The lowest BCUT2D eigenvalue weighted by molar-refractivity contribution is 0.0905. The van der Waals surface area contributed by atoms with Gasteiger partial charge >= 0.3 is 0 Å². The number of amides is 1. The fraction of sp³-hybridized carbons (Fsp3) is 0.375. The smallest absolute Gasteiger partial charge is 0.287 e. The first-order chi connectivity index (χ1) is 11.7. The average Bonchev–Trinajstić information content (AvgIpc) is 3.29. The standard InChI is InChI=1S/C16H17N5O2S/c1-10-17-12(9-24-10)15-20-19-14-5-4-11(6-7-21(14)15)18-16(22)13-3-2-8-23-13/h2-3,8-9,11H,4-7H2,1H3,(H,18,22). The minimum absolute atomic E-state index is 0.0920. The summed E-state index contributed by atoms with van der Waals surface area (Å²) in [6.07, 6.45) is 3.94. The number of hydrogen-bond donors (Lipinski definition) is 1. The van der Waals surface area contributed by atoms with E-state index in [1.54, 1.807) is 23.5 Å². The van der Waals surface area contributed by atoms with E-state index in [2.05, 4.69) is 25.1 Å². The SMILES string of the molecule is Cc1nc(-c2nnc3n2CCC(NC(=O)c2ccco2)CC3)cs1. The zero-order valence-electron chi connectivity index (χ0n) is 13.2. The van der Waals surface area contributed by atoms with Crippen LogP contribution in [0.4, 0.5) is 0 Å². The van der Waals surface area contributed by atoms with Crippen molar-refractivity contribution in [1.82, 2.24) is 25.1 Å². The Morgan fingerprint density at radius 3 is 3.08 bits per heavy atom. The van der Waals surface area contributed by atoms with Crippen LogP contribution >= 0.6 is 11.3 Å². The van der Waals surface area contributed by atoms with E-state index < -0.39 is 0 Å². The van der Waals surface area contributed by atoms with E-state index >= 15 is 0 Å². The van der Waals surface area contributed by atoms with Crippen LogP contribution in [-0.4, -0.2) is 31.7 Å². The third-order valence-electron chi connectivity index (χ3n) is 4.17. The molecule has 0 saturated heterocycles. The molecule has 3 aromatic heterocycles. The molecule has 0 bridgehead atoms. The predicted molar refractivity (Wildman–Crippen MR) is 88.8 cm³/mol. The first-order valence-corrected chi connectivity index (χ1v) is 8.77. The van der Waals surface area contributed by atoms with Crippen LogP contribution in [0.15, 0.2) is 28.2 Å². The lowest BCUT2D eigenvalue weighted by Crippen LogP contribution is -2.35. The van der Waals surface area contributed by atoms with Gasteiger partial charge in [-0.15, -0.1) is 21.5 Å². The normalized spacial score (nSPS) is 17.3. The van der Waals surface area contributed by atoms with Gasteiger partial charge in [-0.3, -0.25) is 4.79 Å². The van der Waals surface area contributed by atoms with Gasteiger partial charge in [-0.25, -0.2) is 4.98 Å². The van der Waals surface area contributed by atoms with Crippen molar-refractivity contribution >= 4 is 17.2 Å². The van der Waals surface area contributed by atoms with Gasteiger partial charge in [-0.05, 0) is 31.9 Å². The minimum Gasteiger partial charge on any atom is -0.459 e. The molecule has 7 nitrogen and oxygen atoms in total. The van der Waals surface area contributed by atoms with Crippen LogP contribution < -0.4 is 5.32 Å². The van der Waals surface area contributed by atoms with E-state index in [0.29, 0.717) is 5.76 Å². The number of carbonyl (C=O) groups excluding carboxylic acids is 1. The molecule has 0 aromatic carbocycles. The van der Waals surface area contributed by atoms with E-state index in [1.165, 1.54) is 6.26 Å². The van der Waals surface area contributed by atoms with Crippen LogP contribution in [0, 0.1) is 6.92 Å². The second-order valence-electron chi connectivity index (χ2n) is 5.82. The molecule has 4 heterocycles. The first kappa shape index (κ1) is 15.1. The number of nitrogens with one attached hydrogen (secondary N) is 1. The molecule has 0 aliphatic carbocycles.